The molecule has 1 N–H and O–H groups in total. The minimum Gasteiger partial charge on any atom is -0.487 e. The van der Waals surface area contributed by atoms with Crippen molar-refractivity contribution >= 4 is 34.2 Å². The Balaban J connectivity index is 1.82. The van der Waals surface area contributed by atoms with E-state index >= 15 is 0 Å². The van der Waals surface area contributed by atoms with Gasteiger partial charge in [-0.2, -0.15) is 0 Å². The Morgan fingerprint density at radius 2 is 1.86 bits per heavy atom. The van der Waals surface area contributed by atoms with Gasteiger partial charge in [0.25, 0.3) is 0 Å². The van der Waals surface area contributed by atoms with E-state index < -0.39 is 11.6 Å². The van der Waals surface area contributed by atoms with Gasteiger partial charge < -0.3 is 19.3 Å². The zero-order valence-electron chi connectivity index (χ0n) is 21.8. The van der Waals surface area contributed by atoms with E-state index in [1.54, 1.807) is 18.5 Å². The van der Waals surface area contributed by atoms with E-state index in [0.717, 1.165) is 63.5 Å². The Morgan fingerprint density at radius 1 is 1.14 bits per heavy atom. The van der Waals surface area contributed by atoms with Gasteiger partial charge in [-0.25, -0.2) is 9.97 Å². The predicted octanol–water partition coefficient (Wildman–Crippen LogP) is 6.19. The highest BCUT2D eigenvalue weighted by atomic mass is 35.5. The number of hydrogen-bond acceptors (Lipinski definition) is 5. The molecular weight excluding hydrogens is 488 g/mol. The highest BCUT2D eigenvalue weighted by Crippen LogP contribution is 2.48. The summed E-state index contributed by atoms with van der Waals surface area (Å²) in [4.78, 5) is 23.3. The molecule has 192 valence electrons. The Labute approximate surface area is 221 Å². The number of aromatic nitrogens is 3. The fourth-order valence-corrected chi connectivity index (χ4v) is 5.50. The summed E-state index contributed by atoms with van der Waals surface area (Å²) in [6.07, 6.45) is 3.39. The van der Waals surface area contributed by atoms with Crippen molar-refractivity contribution in [2.75, 3.05) is 11.4 Å². The first-order valence-electron chi connectivity index (χ1n) is 12.4. The van der Waals surface area contributed by atoms with Gasteiger partial charge in [0, 0.05) is 47.1 Å². The zero-order valence-corrected chi connectivity index (χ0v) is 22.6. The number of rotatable bonds is 6. The molecular formula is C29H31ClN4O3. The molecule has 7 nitrogen and oxygen atoms in total. The largest absolute Gasteiger partial charge is 0.487 e. The smallest absolute Gasteiger partial charge is 0.307 e. The van der Waals surface area contributed by atoms with Crippen LogP contribution in [0.5, 0.6) is 5.75 Å². The number of aryl methyl sites for hydroxylation is 1. The molecule has 2 aromatic heterocycles. The van der Waals surface area contributed by atoms with E-state index in [-0.39, 0.29) is 6.42 Å². The quantitative estimate of drug-likeness (QED) is 0.327. The van der Waals surface area contributed by atoms with Crippen LogP contribution in [0.15, 0.2) is 42.7 Å². The Bertz CT molecular complexity index is 1510. The van der Waals surface area contributed by atoms with Crippen LogP contribution in [-0.2, 0) is 24.3 Å². The average Bonchev–Trinajstić information content (AvgIpc) is 3.14. The minimum atomic E-state index is -0.881. The maximum absolute atomic E-state index is 12.2. The van der Waals surface area contributed by atoms with Crippen LogP contribution in [0.1, 0.15) is 43.4 Å². The van der Waals surface area contributed by atoms with Crippen LogP contribution in [0, 0.1) is 13.8 Å². The first-order valence-corrected chi connectivity index (χ1v) is 12.8. The molecule has 0 saturated carbocycles. The van der Waals surface area contributed by atoms with Gasteiger partial charge in [0.1, 0.15) is 17.2 Å². The molecule has 0 bridgehead atoms. The Morgan fingerprint density at radius 3 is 2.54 bits per heavy atom. The summed E-state index contributed by atoms with van der Waals surface area (Å²) in [5, 5.41) is 11.6. The minimum absolute atomic E-state index is 0.110. The number of anilines is 1. The van der Waals surface area contributed by atoms with Crippen molar-refractivity contribution in [1.29, 1.82) is 0 Å². The van der Waals surface area contributed by atoms with Crippen LogP contribution >= 0.6 is 11.6 Å². The topological polar surface area (TPSA) is 80.5 Å². The number of ether oxygens (including phenoxy) is 1. The molecule has 0 spiro atoms. The van der Waals surface area contributed by atoms with Crippen LogP contribution in [-0.4, -0.2) is 37.8 Å². The summed E-state index contributed by atoms with van der Waals surface area (Å²) in [5.41, 5.74) is 6.24. The van der Waals surface area contributed by atoms with Crippen molar-refractivity contribution in [2.45, 2.75) is 59.7 Å². The van der Waals surface area contributed by atoms with Gasteiger partial charge >= 0.3 is 5.97 Å². The van der Waals surface area contributed by atoms with Crippen LogP contribution in [0.4, 0.5) is 5.69 Å². The highest BCUT2D eigenvalue weighted by molar-refractivity contribution is 6.31. The summed E-state index contributed by atoms with van der Waals surface area (Å²) < 4.78 is 8.69. The molecule has 0 radical (unpaired) electrons. The number of halogens is 1. The second-order valence-corrected chi connectivity index (χ2v) is 11.0. The SMILES string of the molecule is Cc1c(CC(=O)O)c(-c2ccc(Cl)cc2OC(C)(C)C)c2cc(C)n3c2c1N(Cc1ncccn1)CC3. The number of carboxylic acid groups (broad SMARTS) is 1. The van der Waals surface area contributed by atoms with Crippen LogP contribution in [0.2, 0.25) is 5.02 Å². The third-order valence-electron chi connectivity index (χ3n) is 6.73. The maximum Gasteiger partial charge on any atom is 0.307 e. The molecule has 0 amide bonds. The van der Waals surface area contributed by atoms with Gasteiger partial charge in [-0.1, -0.05) is 11.6 Å². The lowest BCUT2D eigenvalue weighted by Crippen LogP contribution is -2.33. The Kier molecular flexibility index (Phi) is 6.36. The van der Waals surface area contributed by atoms with E-state index in [1.807, 2.05) is 45.9 Å². The van der Waals surface area contributed by atoms with Gasteiger partial charge in [-0.05, 0) is 81.6 Å². The molecule has 0 unspecified atom stereocenters. The average molecular weight is 519 g/mol. The number of carbonyl (C=O) groups is 1. The highest BCUT2D eigenvalue weighted by Gasteiger charge is 2.30. The third kappa shape index (κ3) is 4.76. The molecule has 3 heterocycles. The van der Waals surface area contributed by atoms with E-state index in [2.05, 4.69) is 32.4 Å². The van der Waals surface area contributed by atoms with E-state index in [0.29, 0.717) is 17.3 Å². The lowest BCUT2D eigenvalue weighted by molar-refractivity contribution is -0.136. The Hall–Kier alpha value is -3.58. The summed E-state index contributed by atoms with van der Waals surface area (Å²) in [5.74, 6) is 0.486. The van der Waals surface area contributed by atoms with E-state index in [1.165, 1.54) is 0 Å². The second-order valence-electron chi connectivity index (χ2n) is 10.5. The molecule has 5 rings (SSSR count). The molecule has 8 heteroatoms. The van der Waals surface area contributed by atoms with Gasteiger partial charge in [-0.3, -0.25) is 4.79 Å². The molecule has 1 aliphatic rings. The fraction of sp³-hybridized carbons (Fsp3) is 0.345. The van der Waals surface area contributed by atoms with Gasteiger partial charge in [0.05, 0.1) is 24.2 Å². The van der Waals surface area contributed by atoms with E-state index in [9.17, 15) is 9.90 Å². The summed E-state index contributed by atoms with van der Waals surface area (Å²) in [7, 11) is 0. The molecule has 0 atom stereocenters. The molecule has 0 fully saturated rings. The maximum atomic E-state index is 12.2. The van der Waals surface area contributed by atoms with Crippen molar-refractivity contribution in [3.05, 3.63) is 70.4 Å². The summed E-state index contributed by atoms with van der Waals surface area (Å²) in [6.45, 7) is 12.2. The van der Waals surface area contributed by atoms with Gasteiger partial charge in [-0.15, -0.1) is 0 Å². The van der Waals surface area contributed by atoms with Gasteiger partial charge in [0.15, 0.2) is 0 Å². The number of aliphatic carboxylic acids is 1. The van der Waals surface area contributed by atoms with Crippen molar-refractivity contribution < 1.29 is 14.6 Å². The van der Waals surface area contributed by atoms with Crippen LogP contribution in [0.25, 0.3) is 22.0 Å². The second kappa shape index (κ2) is 9.38. The lowest BCUT2D eigenvalue weighted by atomic mass is 9.88. The number of nitrogens with zero attached hydrogens (tertiary/aromatic N) is 4. The monoisotopic (exact) mass is 518 g/mol. The van der Waals surface area contributed by atoms with Crippen LogP contribution < -0.4 is 9.64 Å². The fourth-order valence-electron chi connectivity index (χ4n) is 5.34. The summed E-state index contributed by atoms with van der Waals surface area (Å²) >= 11 is 6.39. The molecule has 37 heavy (non-hydrogen) atoms. The van der Waals surface area contributed by atoms with Crippen molar-refractivity contribution in [3.8, 4) is 16.9 Å². The van der Waals surface area contributed by atoms with Crippen molar-refractivity contribution in [2.24, 2.45) is 0 Å². The lowest BCUT2D eigenvalue weighted by Gasteiger charge is -2.34. The number of hydrogen-bond donors (Lipinski definition) is 1. The molecule has 4 aromatic rings. The standard InChI is InChI=1S/C29H31ClN4O3/c1-17-13-22-26(20-8-7-19(30)14-23(20)37-29(3,4)5)21(15-25(35)36)18(2)27-28(22)34(17)12-11-33(27)16-24-31-9-6-10-32-24/h6-10,13-14H,11-12,15-16H2,1-5H3,(H,35,36). The van der Waals surface area contributed by atoms with Crippen LogP contribution in [0.3, 0.4) is 0 Å². The number of carboxylic acids is 1. The molecule has 0 saturated heterocycles. The summed E-state index contributed by atoms with van der Waals surface area (Å²) in [6, 6.07) is 9.56. The first kappa shape index (κ1) is 25.1. The first-order chi connectivity index (χ1) is 17.5. The zero-order chi connectivity index (χ0) is 26.5. The van der Waals surface area contributed by atoms with E-state index in [4.69, 9.17) is 16.3 Å². The molecule has 1 aliphatic heterocycles. The van der Waals surface area contributed by atoms with Crippen molar-refractivity contribution in [3.63, 3.8) is 0 Å². The predicted molar refractivity (Wildman–Crippen MR) is 147 cm³/mol. The van der Waals surface area contributed by atoms with Crippen molar-refractivity contribution in [1.82, 2.24) is 14.5 Å². The van der Waals surface area contributed by atoms with Gasteiger partial charge in [0.2, 0.25) is 0 Å². The number of benzene rings is 2. The molecule has 0 aliphatic carbocycles. The third-order valence-corrected chi connectivity index (χ3v) is 6.96. The molecule has 2 aromatic carbocycles. The normalized spacial score (nSPS) is 13.3.